The number of nitrogens with one attached hydrogen (secondary N) is 2. The van der Waals surface area contributed by atoms with Crippen molar-refractivity contribution in [3.05, 3.63) is 79.0 Å². The van der Waals surface area contributed by atoms with E-state index in [1.165, 1.54) is 12.1 Å². The Bertz CT molecular complexity index is 1010. The smallest absolute Gasteiger partial charge is 0.337 e. The number of halogens is 1. The van der Waals surface area contributed by atoms with Gasteiger partial charge in [0, 0.05) is 10.2 Å². The highest BCUT2D eigenvalue weighted by molar-refractivity contribution is 9.10. The number of hydrogen-bond donors (Lipinski definition) is 3. The molecule has 0 spiro atoms. The van der Waals surface area contributed by atoms with E-state index in [-0.39, 0.29) is 22.6 Å². The Labute approximate surface area is 144 Å². The van der Waals surface area contributed by atoms with Gasteiger partial charge in [0.1, 0.15) is 11.4 Å². The van der Waals surface area contributed by atoms with Crippen molar-refractivity contribution in [2.24, 2.45) is 0 Å². The third kappa shape index (κ3) is 2.93. The van der Waals surface area contributed by atoms with Gasteiger partial charge in [-0.25, -0.2) is 4.79 Å². The Kier molecular flexibility index (Phi) is 4.18. The lowest BCUT2D eigenvalue weighted by atomic mass is 10.1. The summed E-state index contributed by atoms with van der Waals surface area (Å²) < 4.78 is 0.817. The van der Waals surface area contributed by atoms with Crippen LogP contribution in [0, 0.1) is 0 Å². The highest BCUT2D eigenvalue weighted by Crippen LogP contribution is 2.27. The van der Waals surface area contributed by atoms with E-state index in [1.807, 2.05) is 6.07 Å². The lowest BCUT2D eigenvalue weighted by molar-refractivity contribution is 0.0698. The van der Waals surface area contributed by atoms with E-state index in [4.69, 9.17) is 0 Å². The van der Waals surface area contributed by atoms with E-state index in [1.54, 1.807) is 30.3 Å². The summed E-state index contributed by atoms with van der Waals surface area (Å²) in [5.41, 5.74) is -0.288. The van der Waals surface area contributed by atoms with Gasteiger partial charge in [0.05, 0.1) is 11.3 Å². The van der Waals surface area contributed by atoms with Gasteiger partial charge in [0.2, 0.25) is 0 Å². The molecular weight excluding hydrogens is 376 g/mol. The average Bonchev–Trinajstić information content (AvgIpc) is 2.58. The molecule has 0 saturated carbocycles. The number of para-hydroxylation sites is 1. The maximum absolute atomic E-state index is 11.8. The van der Waals surface area contributed by atoms with Gasteiger partial charge in [0.15, 0.2) is 0 Å². The van der Waals surface area contributed by atoms with Crippen LogP contribution in [0.4, 0.5) is 22.7 Å². The monoisotopic (exact) mass is 386 g/mol. The number of carbonyl (C=O) groups is 1. The van der Waals surface area contributed by atoms with Gasteiger partial charge in [-0.1, -0.05) is 34.1 Å². The lowest BCUT2D eigenvalue weighted by Crippen LogP contribution is -2.36. The Balaban J connectivity index is 1.94. The number of hydrogen-bond acceptors (Lipinski definition) is 5. The van der Waals surface area contributed by atoms with Gasteiger partial charge in [-0.3, -0.25) is 9.59 Å². The average molecular weight is 387 g/mol. The molecule has 0 unspecified atom stereocenters. The summed E-state index contributed by atoms with van der Waals surface area (Å²) in [6.07, 6.45) is 0. The van der Waals surface area contributed by atoms with Crippen LogP contribution in [0.5, 0.6) is 0 Å². The van der Waals surface area contributed by atoms with Gasteiger partial charge in [-0.05, 0) is 30.3 Å². The molecule has 6 nitrogen and oxygen atoms in total. The number of benzene rings is 2. The first kappa shape index (κ1) is 15.9. The van der Waals surface area contributed by atoms with Gasteiger partial charge < -0.3 is 15.7 Å². The summed E-state index contributed by atoms with van der Waals surface area (Å²) in [6, 6.07) is 13.3. The van der Waals surface area contributed by atoms with Gasteiger partial charge >= 0.3 is 5.97 Å². The minimum absolute atomic E-state index is 0.0129. The molecular formula is C17H11BrN2O4. The van der Waals surface area contributed by atoms with E-state index >= 15 is 0 Å². The standard InChI is InChI=1S/C17H11BrN2O4/c18-9-4-3-5-10(8-9)19-13-14(16(22)15(13)21)20-12-7-2-1-6-11(12)17(23)24/h1-8,19-20H,(H,23,24). The van der Waals surface area contributed by atoms with Crippen molar-refractivity contribution in [3.8, 4) is 0 Å². The predicted molar refractivity (Wildman–Crippen MR) is 95.5 cm³/mol. The molecule has 0 heterocycles. The van der Waals surface area contributed by atoms with Crippen LogP contribution in [0.2, 0.25) is 0 Å². The van der Waals surface area contributed by atoms with Crippen molar-refractivity contribution in [2.45, 2.75) is 0 Å². The van der Waals surface area contributed by atoms with Crippen LogP contribution in [0.1, 0.15) is 10.4 Å². The summed E-state index contributed by atoms with van der Waals surface area (Å²) in [6.45, 7) is 0. The Hall–Kier alpha value is -2.93. The first-order chi connectivity index (χ1) is 11.5. The maximum Gasteiger partial charge on any atom is 0.337 e. The zero-order valence-corrected chi connectivity index (χ0v) is 13.8. The topological polar surface area (TPSA) is 95.5 Å². The van der Waals surface area contributed by atoms with Crippen LogP contribution in [-0.2, 0) is 0 Å². The molecule has 120 valence electrons. The van der Waals surface area contributed by atoms with Gasteiger partial charge in [-0.15, -0.1) is 0 Å². The third-order valence-corrected chi connectivity index (χ3v) is 3.91. The summed E-state index contributed by atoms with van der Waals surface area (Å²) >= 11 is 3.32. The minimum Gasteiger partial charge on any atom is -0.478 e. The van der Waals surface area contributed by atoms with Crippen molar-refractivity contribution in [1.82, 2.24) is 0 Å². The number of carboxylic acid groups (broad SMARTS) is 1. The fourth-order valence-corrected chi connectivity index (χ4v) is 2.65. The molecule has 0 bridgehead atoms. The number of rotatable bonds is 5. The predicted octanol–water partition coefficient (Wildman–Crippen LogP) is 3.23. The van der Waals surface area contributed by atoms with Crippen LogP contribution in [0.15, 0.2) is 62.6 Å². The quantitative estimate of drug-likeness (QED) is 0.582. The van der Waals surface area contributed by atoms with Crippen LogP contribution >= 0.6 is 15.9 Å². The lowest BCUT2D eigenvalue weighted by Gasteiger charge is -2.16. The molecule has 3 aromatic carbocycles. The van der Waals surface area contributed by atoms with Gasteiger partial charge in [0.25, 0.3) is 10.9 Å². The van der Waals surface area contributed by atoms with Gasteiger partial charge in [-0.2, -0.15) is 0 Å². The first-order valence-corrected chi connectivity index (χ1v) is 7.72. The summed E-state index contributed by atoms with van der Waals surface area (Å²) in [7, 11) is 0. The second-order valence-corrected chi connectivity index (χ2v) is 5.94. The molecule has 0 aliphatic rings. The molecule has 0 saturated heterocycles. The van der Waals surface area contributed by atoms with Crippen LogP contribution in [0.3, 0.4) is 0 Å². The van der Waals surface area contributed by atoms with Crippen LogP contribution in [0.25, 0.3) is 0 Å². The molecule has 3 rings (SSSR count). The molecule has 3 N–H and O–H groups in total. The van der Waals surface area contributed by atoms with Crippen molar-refractivity contribution in [2.75, 3.05) is 10.6 Å². The number of carboxylic acids is 1. The molecule has 24 heavy (non-hydrogen) atoms. The molecule has 0 amide bonds. The maximum atomic E-state index is 11.8. The summed E-state index contributed by atoms with van der Waals surface area (Å²) in [5, 5.41) is 14.8. The molecule has 3 aromatic rings. The Morgan fingerprint density at radius 1 is 0.917 bits per heavy atom. The molecule has 0 radical (unpaired) electrons. The normalized spacial score (nSPS) is 10.5. The van der Waals surface area contributed by atoms with E-state index in [2.05, 4.69) is 26.6 Å². The Morgan fingerprint density at radius 3 is 2.25 bits per heavy atom. The second-order valence-electron chi connectivity index (χ2n) is 5.02. The number of anilines is 4. The molecule has 0 aliphatic carbocycles. The number of aromatic carboxylic acids is 1. The molecule has 0 aliphatic heterocycles. The van der Waals surface area contributed by atoms with Crippen molar-refractivity contribution < 1.29 is 9.90 Å². The first-order valence-electron chi connectivity index (χ1n) is 6.92. The minimum atomic E-state index is -1.13. The van der Waals surface area contributed by atoms with E-state index in [0.717, 1.165) is 4.47 Å². The molecule has 0 fully saturated rings. The zero-order valence-electron chi connectivity index (χ0n) is 12.2. The van der Waals surface area contributed by atoms with E-state index in [9.17, 15) is 19.5 Å². The van der Waals surface area contributed by atoms with Crippen molar-refractivity contribution in [3.63, 3.8) is 0 Å². The summed E-state index contributed by atoms with van der Waals surface area (Å²) in [5.74, 6) is -1.13. The largest absolute Gasteiger partial charge is 0.478 e. The highest BCUT2D eigenvalue weighted by atomic mass is 79.9. The fraction of sp³-hybridized carbons (Fsp3) is 0. The molecule has 7 heteroatoms. The molecule has 0 atom stereocenters. The fourth-order valence-electron chi connectivity index (χ4n) is 2.25. The van der Waals surface area contributed by atoms with Crippen LogP contribution in [-0.4, -0.2) is 11.1 Å². The van der Waals surface area contributed by atoms with E-state index < -0.39 is 16.8 Å². The SMILES string of the molecule is O=C(O)c1ccccc1Nc1c(Nc2cccc(Br)c2)c(=O)c1=O. The molecule has 0 aromatic heterocycles. The van der Waals surface area contributed by atoms with E-state index in [0.29, 0.717) is 5.69 Å². The van der Waals surface area contributed by atoms with Crippen LogP contribution < -0.4 is 21.5 Å². The Morgan fingerprint density at radius 2 is 1.58 bits per heavy atom. The van der Waals surface area contributed by atoms with Crippen molar-refractivity contribution >= 4 is 44.6 Å². The zero-order chi connectivity index (χ0) is 17.3. The highest BCUT2D eigenvalue weighted by Gasteiger charge is 2.22. The second kappa shape index (κ2) is 6.29. The summed E-state index contributed by atoms with van der Waals surface area (Å²) in [4.78, 5) is 34.9. The third-order valence-electron chi connectivity index (χ3n) is 3.42. The van der Waals surface area contributed by atoms with Crippen molar-refractivity contribution in [1.29, 1.82) is 0 Å².